The summed E-state index contributed by atoms with van der Waals surface area (Å²) >= 11 is 1.31. The highest BCUT2D eigenvalue weighted by Gasteiger charge is 2.26. The molecule has 3 N–H and O–H groups in total. The average molecular weight is 311 g/mol. The predicted octanol–water partition coefficient (Wildman–Crippen LogP) is 2.76. The Morgan fingerprint density at radius 3 is 2.48 bits per heavy atom. The Labute approximate surface area is 130 Å². The number of nitrogens with two attached hydrogens (primary N) is 1. The molecule has 1 aromatic heterocycles. The number of amides is 1. The molecule has 0 unspecified atom stereocenters. The smallest absolute Gasteiger partial charge is 0.256 e. The number of ketones is 1. The number of carbonyl (C=O) groups excluding carboxylic acids is 2. The maximum atomic E-state index is 12.1. The van der Waals surface area contributed by atoms with E-state index in [0.717, 1.165) is 18.0 Å². The topological polar surface area (TPSA) is 75.4 Å². The molecule has 0 atom stereocenters. The number of rotatable bonds is 7. The summed E-state index contributed by atoms with van der Waals surface area (Å²) < 4.78 is 0. The van der Waals surface area contributed by atoms with Crippen LogP contribution in [0, 0.1) is 5.92 Å². The van der Waals surface area contributed by atoms with E-state index in [9.17, 15) is 9.59 Å². The van der Waals surface area contributed by atoms with Crippen LogP contribution in [0.4, 0.5) is 10.7 Å². The first kappa shape index (κ1) is 17.5. The number of Topliss-reactive ketones (excluding diaryl/α,β-unsaturated/α-hetero) is 1. The molecule has 1 amide bonds. The molecule has 0 saturated carbocycles. The van der Waals surface area contributed by atoms with Gasteiger partial charge in [0.05, 0.1) is 16.1 Å². The normalized spacial score (nSPS) is 10.8. The molecule has 0 aliphatic heterocycles. The summed E-state index contributed by atoms with van der Waals surface area (Å²) in [4.78, 5) is 26.6. The maximum absolute atomic E-state index is 12.1. The second-order valence-corrected chi connectivity index (χ2v) is 6.48. The third kappa shape index (κ3) is 3.97. The summed E-state index contributed by atoms with van der Waals surface area (Å²) in [5.41, 5.74) is 6.78. The predicted molar refractivity (Wildman–Crippen MR) is 89.5 cm³/mol. The van der Waals surface area contributed by atoms with Gasteiger partial charge in [-0.1, -0.05) is 20.8 Å². The van der Waals surface area contributed by atoms with Gasteiger partial charge in [0.2, 0.25) is 0 Å². The molecule has 0 aliphatic carbocycles. The summed E-state index contributed by atoms with van der Waals surface area (Å²) in [6.07, 6.45) is 1.39. The highest BCUT2D eigenvalue weighted by molar-refractivity contribution is 7.19. The van der Waals surface area contributed by atoms with Crippen LogP contribution in [0.15, 0.2) is 0 Å². The van der Waals surface area contributed by atoms with Gasteiger partial charge in [0.1, 0.15) is 5.00 Å². The van der Waals surface area contributed by atoms with Gasteiger partial charge in [0.25, 0.3) is 5.91 Å². The molecule has 0 saturated heterocycles. The van der Waals surface area contributed by atoms with Crippen LogP contribution < -0.4 is 16.0 Å². The first-order chi connectivity index (χ1) is 9.83. The third-order valence-corrected chi connectivity index (χ3v) is 4.70. The molecule has 5 nitrogen and oxygen atoms in total. The Kier molecular flexibility index (Phi) is 6.20. The Morgan fingerprint density at radius 2 is 2.00 bits per heavy atom. The lowest BCUT2D eigenvalue weighted by Crippen LogP contribution is -2.25. The van der Waals surface area contributed by atoms with E-state index >= 15 is 0 Å². The number of thiophene rings is 1. The first-order valence-electron chi connectivity index (χ1n) is 7.22. The van der Waals surface area contributed by atoms with Crippen molar-refractivity contribution in [2.24, 2.45) is 5.92 Å². The number of nitrogen functional groups attached to an aromatic ring is 1. The van der Waals surface area contributed by atoms with E-state index in [0.29, 0.717) is 28.5 Å². The van der Waals surface area contributed by atoms with Crippen LogP contribution in [0.3, 0.4) is 0 Å². The van der Waals surface area contributed by atoms with Crippen molar-refractivity contribution in [1.29, 1.82) is 0 Å². The molecule has 0 spiro atoms. The average Bonchev–Trinajstić information content (AvgIpc) is 2.80. The van der Waals surface area contributed by atoms with Crippen LogP contribution in [0.25, 0.3) is 0 Å². The summed E-state index contributed by atoms with van der Waals surface area (Å²) in [6, 6.07) is 0. The first-order valence-corrected chi connectivity index (χ1v) is 8.03. The second kappa shape index (κ2) is 7.45. The number of carbonyl (C=O) groups is 2. The third-order valence-electron chi connectivity index (χ3n) is 3.34. The lowest BCUT2D eigenvalue weighted by molar-refractivity contribution is 0.0964. The zero-order valence-corrected chi connectivity index (χ0v) is 14.3. The van der Waals surface area contributed by atoms with Crippen LogP contribution in [0.1, 0.15) is 53.6 Å². The fourth-order valence-electron chi connectivity index (χ4n) is 1.97. The molecule has 0 aliphatic rings. The fraction of sp³-hybridized carbons (Fsp3) is 0.600. The zero-order chi connectivity index (χ0) is 16.2. The molecular weight excluding hydrogens is 286 g/mol. The van der Waals surface area contributed by atoms with Crippen molar-refractivity contribution in [2.75, 3.05) is 31.3 Å². The van der Waals surface area contributed by atoms with Gasteiger partial charge in [0.15, 0.2) is 5.78 Å². The Hall–Kier alpha value is -1.56. The lowest BCUT2D eigenvalue weighted by atomic mass is 10.1. The zero-order valence-electron chi connectivity index (χ0n) is 13.4. The molecule has 6 heteroatoms. The minimum absolute atomic E-state index is 0.0221. The number of nitrogens with zero attached hydrogens (tertiary/aromatic N) is 1. The number of hydrogen-bond acceptors (Lipinski definition) is 5. The highest BCUT2D eigenvalue weighted by Crippen LogP contribution is 2.38. The molecule has 1 aromatic rings. The second-order valence-electron chi connectivity index (χ2n) is 5.48. The van der Waals surface area contributed by atoms with Crippen molar-refractivity contribution < 1.29 is 9.59 Å². The van der Waals surface area contributed by atoms with E-state index in [4.69, 9.17) is 5.73 Å². The van der Waals surface area contributed by atoms with Gasteiger partial charge >= 0.3 is 0 Å². The summed E-state index contributed by atoms with van der Waals surface area (Å²) in [5, 5.41) is 3.37. The van der Waals surface area contributed by atoms with E-state index in [2.05, 4.69) is 19.2 Å². The van der Waals surface area contributed by atoms with Crippen LogP contribution in [0.5, 0.6) is 0 Å². The fourth-order valence-corrected chi connectivity index (χ4v) is 3.18. The van der Waals surface area contributed by atoms with Crippen molar-refractivity contribution in [1.82, 2.24) is 5.32 Å². The van der Waals surface area contributed by atoms with Crippen LogP contribution in [-0.2, 0) is 0 Å². The molecule has 0 bridgehead atoms. The van der Waals surface area contributed by atoms with Gasteiger partial charge in [0, 0.05) is 27.1 Å². The molecule has 0 radical (unpaired) electrons. The Balaban J connectivity index is 3.22. The van der Waals surface area contributed by atoms with Gasteiger partial charge < -0.3 is 16.0 Å². The standard InChI is InChI=1S/C15H25N3O2S/c1-6-10(19)13-12(16)11(14(20)17-4)15(21-13)18(5)8-7-9(2)3/h9H,6-8,16H2,1-5H3,(H,17,20). The van der Waals surface area contributed by atoms with Crippen LogP contribution >= 0.6 is 11.3 Å². The van der Waals surface area contributed by atoms with Gasteiger partial charge in [-0.2, -0.15) is 0 Å². The van der Waals surface area contributed by atoms with Gasteiger partial charge in [-0.15, -0.1) is 11.3 Å². The minimum atomic E-state index is -0.245. The van der Waals surface area contributed by atoms with Crippen molar-refractivity contribution in [3.63, 3.8) is 0 Å². The quantitative estimate of drug-likeness (QED) is 0.759. The molecule has 21 heavy (non-hydrogen) atoms. The lowest BCUT2D eigenvalue weighted by Gasteiger charge is -2.20. The molecule has 1 heterocycles. The van der Waals surface area contributed by atoms with E-state index < -0.39 is 0 Å². The highest BCUT2D eigenvalue weighted by atomic mass is 32.1. The van der Waals surface area contributed by atoms with Gasteiger partial charge in [-0.05, 0) is 12.3 Å². The van der Waals surface area contributed by atoms with Gasteiger partial charge in [-0.25, -0.2) is 0 Å². The molecule has 118 valence electrons. The maximum Gasteiger partial charge on any atom is 0.256 e. The molecule has 0 aromatic carbocycles. The van der Waals surface area contributed by atoms with Crippen molar-refractivity contribution in [3.05, 3.63) is 10.4 Å². The van der Waals surface area contributed by atoms with Crippen molar-refractivity contribution in [2.45, 2.75) is 33.6 Å². The minimum Gasteiger partial charge on any atom is -0.397 e. The Bertz CT molecular complexity index is 523. The van der Waals surface area contributed by atoms with Crippen LogP contribution in [-0.4, -0.2) is 32.3 Å². The SMILES string of the molecule is CCC(=O)c1sc(N(C)CCC(C)C)c(C(=O)NC)c1N. The largest absolute Gasteiger partial charge is 0.397 e. The summed E-state index contributed by atoms with van der Waals surface area (Å²) in [7, 11) is 3.50. The number of anilines is 2. The van der Waals surface area contributed by atoms with E-state index in [1.807, 2.05) is 11.9 Å². The van der Waals surface area contributed by atoms with E-state index in [-0.39, 0.29) is 11.7 Å². The summed E-state index contributed by atoms with van der Waals surface area (Å²) in [6.45, 7) is 6.93. The van der Waals surface area contributed by atoms with Crippen LogP contribution in [0.2, 0.25) is 0 Å². The number of hydrogen-bond donors (Lipinski definition) is 2. The monoisotopic (exact) mass is 311 g/mol. The van der Waals surface area contributed by atoms with Crippen molar-refractivity contribution in [3.8, 4) is 0 Å². The van der Waals surface area contributed by atoms with E-state index in [1.165, 1.54) is 11.3 Å². The molecule has 0 fully saturated rings. The van der Waals surface area contributed by atoms with E-state index in [1.54, 1.807) is 14.0 Å². The van der Waals surface area contributed by atoms with Crippen molar-refractivity contribution >= 4 is 33.7 Å². The Morgan fingerprint density at radius 1 is 1.38 bits per heavy atom. The molecule has 1 rings (SSSR count). The molecular formula is C15H25N3O2S. The number of nitrogens with one attached hydrogen (secondary N) is 1. The summed E-state index contributed by atoms with van der Waals surface area (Å²) in [5.74, 6) is 0.307. The van der Waals surface area contributed by atoms with Gasteiger partial charge in [-0.3, -0.25) is 9.59 Å².